The van der Waals surface area contributed by atoms with Crippen LogP contribution in [-0.4, -0.2) is 27.2 Å². The maximum absolute atomic E-state index is 9.91. The van der Waals surface area contributed by atoms with Crippen LogP contribution in [0.15, 0.2) is 12.4 Å². The Hall–Kier alpha value is -0.430. The number of anilines is 1. The molecule has 15 heavy (non-hydrogen) atoms. The Morgan fingerprint density at radius 1 is 1.47 bits per heavy atom. The molecule has 1 aromatic rings. The van der Waals surface area contributed by atoms with Crippen molar-refractivity contribution in [1.82, 2.24) is 9.97 Å². The molecule has 0 saturated carbocycles. The molecule has 4 nitrogen and oxygen atoms in total. The fourth-order valence-electron chi connectivity index (χ4n) is 1.30. The van der Waals surface area contributed by atoms with Gasteiger partial charge < -0.3 is 10.4 Å². The molecule has 0 aliphatic heterocycles. The summed E-state index contributed by atoms with van der Waals surface area (Å²) in [6.45, 7) is 4.34. The lowest BCUT2D eigenvalue weighted by Gasteiger charge is -2.22. The first-order chi connectivity index (χ1) is 7.03. The molecule has 0 aliphatic carbocycles. The number of aromatic nitrogens is 2. The molecule has 0 aliphatic rings. The second-order valence-electron chi connectivity index (χ2n) is 3.83. The molecule has 1 rings (SSSR count). The van der Waals surface area contributed by atoms with Gasteiger partial charge in [-0.3, -0.25) is 0 Å². The van der Waals surface area contributed by atoms with E-state index in [1.807, 2.05) is 6.92 Å². The number of halogens is 1. The van der Waals surface area contributed by atoms with E-state index in [2.05, 4.69) is 44.8 Å². The van der Waals surface area contributed by atoms with Crippen molar-refractivity contribution in [2.45, 2.75) is 32.3 Å². The van der Waals surface area contributed by atoms with Crippen molar-refractivity contribution in [2.75, 3.05) is 11.9 Å². The molecule has 0 amide bonds. The van der Waals surface area contributed by atoms with E-state index in [0.29, 0.717) is 12.5 Å². The van der Waals surface area contributed by atoms with Crippen LogP contribution in [-0.2, 0) is 0 Å². The summed E-state index contributed by atoms with van der Waals surface area (Å²) in [6, 6.07) is 0. The molecule has 0 radical (unpaired) electrons. The van der Waals surface area contributed by atoms with Gasteiger partial charge >= 0.3 is 0 Å². The van der Waals surface area contributed by atoms with Crippen molar-refractivity contribution in [3.05, 3.63) is 16.0 Å². The molecule has 0 saturated heterocycles. The number of hydrogen-bond donors (Lipinski definition) is 2. The Labute approximate surface area is 104 Å². The van der Waals surface area contributed by atoms with Crippen molar-refractivity contribution in [1.29, 1.82) is 0 Å². The highest BCUT2D eigenvalue weighted by Gasteiger charge is 2.18. The van der Waals surface area contributed by atoms with E-state index < -0.39 is 5.60 Å². The lowest BCUT2D eigenvalue weighted by Crippen LogP contribution is -2.33. The number of nitrogens with one attached hydrogen (secondary N) is 1. The molecular weight excluding hydrogens is 305 g/mol. The zero-order valence-corrected chi connectivity index (χ0v) is 11.2. The molecule has 1 atom stereocenters. The van der Waals surface area contributed by atoms with Crippen LogP contribution in [0.4, 0.5) is 5.95 Å². The fraction of sp³-hybridized carbons (Fsp3) is 0.600. The van der Waals surface area contributed by atoms with Gasteiger partial charge in [0.05, 0.1) is 5.60 Å². The van der Waals surface area contributed by atoms with Crippen molar-refractivity contribution >= 4 is 28.5 Å². The maximum Gasteiger partial charge on any atom is 0.222 e. The molecule has 0 spiro atoms. The van der Waals surface area contributed by atoms with Crippen LogP contribution in [0.3, 0.4) is 0 Å². The predicted octanol–water partition coefficient (Wildman–Crippen LogP) is 2.04. The van der Waals surface area contributed by atoms with Crippen LogP contribution < -0.4 is 5.32 Å². The highest BCUT2D eigenvalue weighted by molar-refractivity contribution is 14.1. The Kier molecular flexibility index (Phi) is 4.72. The number of rotatable bonds is 5. The third kappa shape index (κ3) is 4.74. The van der Waals surface area contributed by atoms with Gasteiger partial charge in [-0.2, -0.15) is 0 Å². The summed E-state index contributed by atoms with van der Waals surface area (Å²) in [5.41, 5.74) is -0.693. The molecular formula is C10H16IN3O. The summed E-state index contributed by atoms with van der Waals surface area (Å²) in [7, 11) is 0. The summed E-state index contributed by atoms with van der Waals surface area (Å²) in [5.74, 6) is 0.562. The first kappa shape index (κ1) is 12.6. The van der Waals surface area contributed by atoms with Gasteiger partial charge in [-0.1, -0.05) is 13.3 Å². The Bertz CT molecular complexity index is 300. The van der Waals surface area contributed by atoms with Gasteiger partial charge in [0.25, 0.3) is 0 Å². The van der Waals surface area contributed by atoms with E-state index in [9.17, 15) is 5.11 Å². The first-order valence-electron chi connectivity index (χ1n) is 4.97. The number of nitrogens with zero attached hydrogens (tertiary/aromatic N) is 2. The Balaban J connectivity index is 2.46. The topological polar surface area (TPSA) is 58.0 Å². The van der Waals surface area contributed by atoms with Crippen LogP contribution in [0, 0.1) is 3.57 Å². The first-order valence-corrected chi connectivity index (χ1v) is 6.05. The zero-order valence-electron chi connectivity index (χ0n) is 9.00. The van der Waals surface area contributed by atoms with Crippen LogP contribution in [0.2, 0.25) is 0 Å². The normalized spacial score (nSPS) is 14.7. The average molecular weight is 321 g/mol. The highest BCUT2D eigenvalue weighted by Crippen LogP contribution is 2.12. The smallest absolute Gasteiger partial charge is 0.222 e. The fourth-order valence-corrected chi connectivity index (χ4v) is 1.58. The third-order valence-corrected chi connectivity index (χ3v) is 2.59. The quantitative estimate of drug-likeness (QED) is 0.815. The zero-order chi connectivity index (χ0) is 11.3. The van der Waals surface area contributed by atoms with E-state index in [4.69, 9.17) is 0 Å². The highest BCUT2D eigenvalue weighted by atomic mass is 127. The van der Waals surface area contributed by atoms with Gasteiger partial charge in [-0.25, -0.2) is 9.97 Å². The minimum atomic E-state index is -0.693. The second-order valence-corrected chi connectivity index (χ2v) is 5.07. The molecule has 0 fully saturated rings. The average Bonchev–Trinajstić information content (AvgIpc) is 2.17. The Morgan fingerprint density at radius 3 is 2.60 bits per heavy atom. The van der Waals surface area contributed by atoms with Crippen LogP contribution in [0.1, 0.15) is 26.7 Å². The standard InChI is InChI=1S/C10H16IN3O/c1-3-4-10(2,15)7-14-9-12-5-8(11)6-13-9/h5-6,15H,3-4,7H2,1-2H3,(H,12,13,14). The van der Waals surface area contributed by atoms with Crippen LogP contribution in [0.5, 0.6) is 0 Å². The van der Waals surface area contributed by atoms with Crippen molar-refractivity contribution in [3.8, 4) is 0 Å². The van der Waals surface area contributed by atoms with Gasteiger partial charge in [0.1, 0.15) is 0 Å². The van der Waals surface area contributed by atoms with E-state index in [0.717, 1.165) is 16.4 Å². The minimum absolute atomic E-state index is 0.474. The van der Waals surface area contributed by atoms with E-state index in [-0.39, 0.29) is 0 Å². The third-order valence-electron chi connectivity index (χ3n) is 2.04. The lowest BCUT2D eigenvalue weighted by molar-refractivity contribution is 0.0635. The van der Waals surface area contributed by atoms with Crippen molar-refractivity contribution in [2.24, 2.45) is 0 Å². The van der Waals surface area contributed by atoms with Gasteiger partial charge in [0, 0.05) is 22.5 Å². The SMILES string of the molecule is CCCC(C)(O)CNc1ncc(I)cn1. The summed E-state index contributed by atoms with van der Waals surface area (Å²) < 4.78 is 0.999. The second kappa shape index (κ2) is 5.60. The van der Waals surface area contributed by atoms with Gasteiger partial charge in [0.2, 0.25) is 5.95 Å². The van der Waals surface area contributed by atoms with Crippen molar-refractivity contribution in [3.63, 3.8) is 0 Å². The van der Waals surface area contributed by atoms with Gasteiger partial charge in [-0.05, 0) is 35.9 Å². The molecule has 1 unspecified atom stereocenters. The van der Waals surface area contributed by atoms with Crippen molar-refractivity contribution < 1.29 is 5.11 Å². The molecule has 5 heteroatoms. The monoisotopic (exact) mass is 321 g/mol. The number of hydrogen-bond acceptors (Lipinski definition) is 4. The van der Waals surface area contributed by atoms with Crippen LogP contribution >= 0.6 is 22.6 Å². The molecule has 0 aromatic carbocycles. The molecule has 2 N–H and O–H groups in total. The van der Waals surface area contributed by atoms with Crippen LogP contribution in [0.25, 0.3) is 0 Å². The van der Waals surface area contributed by atoms with Gasteiger partial charge in [-0.15, -0.1) is 0 Å². The number of aliphatic hydroxyl groups is 1. The summed E-state index contributed by atoms with van der Waals surface area (Å²) in [6.07, 6.45) is 5.21. The summed E-state index contributed by atoms with van der Waals surface area (Å²) >= 11 is 2.15. The lowest BCUT2D eigenvalue weighted by atomic mass is 10.0. The summed E-state index contributed by atoms with van der Waals surface area (Å²) in [4.78, 5) is 8.20. The predicted molar refractivity (Wildman–Crippen MR) is 68.8 cm³/mol. The van der Waals surface area contributed by atoms with Gasteiger partial charge in [0.15, 0.2) is 0 Å². The molecule has 1 heterocycles. The van der Waals surface area contributed by atoms with E-state index >= 15 is 0 Å². The molecule has 1 aromatic heterocycles. The molecule has 0 bridgehead atoms. The largest absolute Gasteiger partial charge is 0.388 e. The van der Waals surface area contributed by atoms with E-state index in [1.54, 1.807) is 12.4 Å². The van der Waals surface area contributed by atoms with E-state index in [1.165, 1.54) is 0 Å². The summed E-state index contributed by atoms with van der Waals surface area (Å²) in [5, 5.41) is 12.9. The minimum Gasteiger partial charge on any atom is -0.388 e. The molecule has 84 valence electrons. The maximum atomic E-state index is 9.91. The Morgan fingerprint density at radius 2 is 2.07 bits per heavy atom.